The van der Waals surface area contributed by atoms with Crippen LogP contribution in [-0.2, 0) is 10.2 Å². The second-order valence-corrected chi connectivity index (χ2v) is 9.97. The molecule has 0 aliphatic carbocycles. The number of carbonyl (C=O) groups excluding carboxylic acids is 1. The summed E-state index contributed by atoms with van der Waals surface area (Å²) < 4.78 is 47.6. The summed E-state index contributed by atoms with van der Waals surface area (Å²) in [6.07, 6.45) is -6.00. The van der Waals surface area contributed by atoms with Gasteiger partial charge in [-0.25, -0.2) is 0 Å². The lowest BCUT2D eigenvalue weighted by Gasteiger charge is -2.32. The molecule has 36 heavy (non-hydrogen) atoms. The van der Waals surface area contributed by atoms with Gasteiger partial charge in [-0.05, 0) is 41.0 Å². The van der Waals surface area contributed by atoms with Crippen LogP contribution in [-0.4, -0.2) is 40.2 Å². The molecule has 1 aliphatic rings. The fourth-order valence-corrected chi connectivity index (χ4v) is 4.29. The molecule has 0 saturated carbocycles. The fourth-order valence-electron chi connectivity index (χ4n) is 4.03. The number of benzene rings is 3. The Morgan fingerprint density at radius 2 is 1.58 bits per heavy atom. The van der Waals surface area contributed by atoms with E-state index >= 15 is 0 Å². The summed E-state index contributed by atoms with van der Waals surface area (Å²) in [5, 5.41) is 14.4. The predicted molar refractivity (Wildman–Crippen MR) is 134 cm³/mol. The van der Waals surface area contributed by atoms with E-state index in [1.165, 1.54) is 0 Å². The number of hydrogen-bond donors (Lipinski definition) is 1. The van der Waals surface area contributed by atoms with Crippen LogP contribution in [0.4, 0.5) is 13.2 Å². The molecule has 0 bridgehead atoms. The van der Waals surface area contributed by atoms with Crippen molar-refractivity contribution in [2.24, 2.45) is 5.10 Å². The monoisotopic (exact) mass is 560 g/mol. The van der Waals surface area contributed by atoms with Crippen molar-refractivity contribution in [1.29, 1.82) is 0 Å². The van der Waals surface area contributed by atoms with E-state index in [4.69, 9.17) is 4.74 Å². The number of amides is 1. The zero-order valence-electron chi connectivity index (χ0n) is 19.6. The maximum absolute atomic E-state index is 13.8. The van der Waals surface area contributed by atoms with Gasteiger partial charge in [0.1, 0.15) is 5.75 Å². The molecule has 0 spiro atoms. The number of rotatable bonds is 6. The average molecular weight is 561 g/mol. The van der Waals surface area contributed by atoms with Crippen molar-refractivity contribution in [3.63, 3.8) is 0 Å². The maximum atomic E-state index is 13.8. The Hall–Kier alpha value is -3.17. The fraction of sp³-hybridized carbons (Fsp3) is 0.259. The summed E-state index contributed by atoms with van der Waals surface area (Å²) in [7, 11) is 0. The van der Waals surface area contributed by atoms with Crippen molar-refractivity contribution >= 4 is 27.5 Å². The van der Waals surface area contributed by atoms with E-state index in [0.29, 0.717) is 11.3 Å². The van der Waals surface area contributed by atoms with Gasteiger partial charge in [-0.1, -0.05) is 84.4 Å². The molecule has 1 atom stereocenters. The molecule has 3 aromatic rings. The number of aliphatic hydroxyl groups is 1. The molecule has 0 radical (unpaired) electrons. The lowest BCUT2D eigenvalue weighted by molar-refractivity contribution is -0.302. The van der Waals surface area contributed by atoms with Gasteiger partial charge in [-0.3, -0.25) is 4.79 Å². The van der Waals surface area contributed by atoms with Gasteiger partial charge in [0.15, 0.2) is 6.61 Å². The van der Waals surface area contributed by atoms with E-state index < -0.39 is 30.8 Å². The number of ether oxygens (including phenoxy) is 1. The number of nitrogens with zero attached hydrogens (tertiary/aromatic N) is 2. The van der Waals surface area contributed by atoms with Crippen LogP contribution in [0.3, 0.4) is 0 Å². The highest BCUT2D eigenvalue weighted by molar-refractivity contribution is 9.10. The van der Waals surface area contributed by atoms with Gasteiger partial charge in [0, 0.05) is 9.89 Å². The molecule has 3 aromatic carbocycles. The average Bonchev–Trinajstić information content (AvgIpc) is 3.23. The van der Waals surface area contributed by atoms with Crippen LogP contribution in [0.2, 0.25) is 0 Å². The number of carbonyl (C=O) groups is 1. The molecule has 4 rings (SSSR count). The number of halogens is 4. The molecule has 188 valence electrons. The molecule has 5 nitrogen and oxygen atoms in total. The van der Waals surface area contributed by atoms with Gasteiger partial charge in [0.25, 0.3) is 11.6 Å². The predicted octanol–water partition coefficient (Wildman–Crippen LogP) is 6.04. The Morgan fingerprint density at radius 3 is 2.17 bits per heavy atom. The lowest BCUT2D eigenvalue weighted by Crippen LogP contribution is -2.57. The second-order valence-electron chi connectivity index (χ2n) is 9.05. The quantitative estimate of drug-likeness (QED) is 0.399. The molecule has 1 aliphatic heterocycles. The summed E-state index contributed by atoms with van der Waals surface area (Å²) >= 11 is 3.26. The first-order valence-electron chi connectivity index (χ1n) is 11.2. The molecule has 1 heterocycles. The van der Waals surface area contributed by atoms with Gasteiger partial charge >= 0.3 is 6.18 Å². The minimum absolute atomic E-state index is 0.0526. The third kappa shape index (κ3) is 5.03. The molecule has 0 aromatic heterocycles. The number of hydrazone groups is 1. The zero-order valence-corrected chi connectivity index (χ0v) is 21.2. The van der Waals surface area contributed by atoms with Gasteiger partial charge < -0.3 is 9.84 Å². The van der Waals surface area contributed by atoms with Gasteiger partial charge in [0.2, 0.25) is 0 Å². The van der Waals surface area contributed by atoms with Gasteiger partial charge in [0.05, 0.1) is 12.1 Å². The summed E-state index contributed by atoms with van der Waals surface area (Å²) in [6.45, 7) is 3.43. The van der Waals surface area contributed by atoms with Crippen LogP contribution in [0.5, 0.6) is 5.75 Å². The van der Waals surface area contributed by atoms with E-state index in [2.05, 4.69) is 34.9 Å². The third-order valence-electron chi connectivity index (χ3n) is 6.29. The lowest BCUT2D eigenvalue weighted by atomic mass is 9.78. The summed E-state index contributed by atoms with van der Waals surface area (Å²) in [6, 6.07) is 23.3. The summed E-state index contributed by atoms with van der Waals surface area (Å²) in [5.41, 5.74) is -1.31. The number of alkyl halides is 3. The van der Waals surface area contributed by atoms with Crippen molar-refractivity contribution in [3.05, 3.63) is 100 Å². The molecule has 1 N–H and O–H groups in total. The standard InChI is InChI=1S/C27H24BrF3N2O3/c1-25(2,19-6-4-3-5-7-19)20-10-14-22(15-11-20)36-17-24(34)33-26(35,27(29,30)31)16-23(32-33)18-8-12-21(28)13-9-18/h3-15,35H,16-17H2,1-2H3/t26-/m0/s1. The number of hydrogen-bond acceptors (Lipinski definition) is 4. The largest absolute Gasteiger partial charge is 0.484 e. The van der Waals surface area contributed by atoms with E-state index in [1.807, 2.05) is 42.5 Å². The molecular weight excluding hydrogens is 537 g/mol. The molecule has 1 amide bonds. The van der Waals surface area contributed by atoms with Gasteiger partial charge in [-0.15, -0.1) is 0 Å². The van der Waals surface area contributed by atoms with Crippen molar-refractivity contribution in [3.8, 4) is 5.75 Å². The highest BCUT2D eigenvalue weighted by Gasteiger charge is 2.63. The molecule has 0 unspecified atom stereocenters. The Morgan fingerprint density at radius 1 is 1.00 bits per heavy atom. The topological polar surface area (TPSA) is 62.1 Å². The Labute approximate surface area is 215 Å². The van der Waals surface area contributed by atoms with E-state index in [1.54, 1.807) is 36.4 Å². The smallest absolute Gasteiger partial charge is 0.438 e. The first-order valence-corrected chi connectivity index (χ1v) is 12.0. The van der Waals surface area contributed by atoms with Crippen molar-refractivity contribution in [2.75, 3.05) is 6.61 Å². The molecular formula is C27H24BrF3N2O3. The Kier molecular flexibility index (Phi) is 6.99. The highest BCUT2D eigenvalue weighted by atomic mass is 79.9. The third-order valence-corrected chi connectivity index (χ3v) is 6.82. The molecule has 9 heteroatoms. The molecule has 0 fully saturated rings. The SMILES string of the molecule is CC(C)(c1ccccc1)c1ccc(OCC(=O)N2N=C(c3ccc(Br)cc3)C[C@]2(O)C(F)(F)F)cc1. The van der Waals surface area contributed by atoms with Crippen LogP contribution in [0, 0.1) is 0 Å². The van der Waals surface area contributed by atoms with Crippen LogP contribution in [0.15, 0.2) is 88.4 Å². The van der Waals surface area contributed by atoms with Crippen LogP contribution in [0.1, 0.15) is 37.0 Å². The van der Waals surface area contributed by atoms with E-state index in [9.17, 15) is 23.1 Å². The molecule has 0 saturated heterocycles. The zero-order chi connectivity index (χ0) is 26.1. The Bertz CT molecular complexity index is 1260. The highest BCUT2D eigenvalue weighted by Crippen LogP contribution is 2.41. The second kappa shape index (κ2) is 9.71. The minimum atomic E-state index is -5.12. The van der Waals surface area contributed by atoms with Crippen LogP contribution in [0.25, 0.3) is 0 Å². The van der Waals surface area contributed by atoms with Crippen molar-refractivity contribution < 1.29 is 27.8 Å². The normalized spacial score (nSPS) is 18.2. The van der Waals surface area contributed by atoms with Crippen LogP contribution >= 0.6 is 15.9 Å². The van der Waals surface area contributed by atoms with E-state index in [-0.39, 0.29) is 16.1 Å². The first kappa shape index (κ1) is 25.9. The van der Waals surface area contributed by atoms with Crippen LogP contribution < -0.4 is 4.74 Å². The van der Waals surface area contributed by atoms with E-state index in [0.717, 1.165) is 15.6 Å². The minimum Gasteiger partial charge on any atom is -0.484 e. The Balaban J connectivity index is 1.50. The summed E-state index contributed by atoms with van der Waals surface area (Å²) in [5.74, 6) is -0.807. The summed E-state index contributed by atoms with van der Waals surface area (Å²) in [4.78, 5) is 12.7. The van der Waals surface area contributed by atoms with Crippen molar-refractivity contribution in [2.45, 2.75) is 37.6 Å². The van der Waals surface area contributed by atoms with Gasteiger partial charge in [-0.2, -0.15) is 23.3 Å². The maximum Gasteiger partial charge on any atom is 0.438 e. The first-order chi connectivity index (χ1) is 16.9. The van der Waals surface area contributed by atoms with Crippen molar-refractivity contribution in [1.82, 2.24) is 5.01 Å².